The lowest BCUT2D eigenvalue weighted by molar-refractivity contribution is 0.292. The van der Waals surface area contributed by atoms with Gasteiger partial charge >= 0.3 is 0 Å². The van der Waals surface area contributed by atoms with Crippen molar-refractivity contribution in [3.05, 3.63) is 52.9 Å². The zero-order valence-electron chi connectivity index (χ0n) is 9.69. The Labute approximate surface area is 109 Å². The van der Waals surface area contributed by atoms with Gasteiger partial charge in [-0.15, -0.1) is 0 Å². The van der Waals surface area contributed by atoms with E-state index in [4.69, 9.17) is 21.1 Å². The number of ether oxygens (including phenoxy) is 2. The van der Waals surface area contributed by atoms with Crippen LogP contribution in [0.3, 0.4) is 0 Å². The third kappa shape index (κ3) is 2.90. The molecule has 0 atom stereocenters. The van der Waals surface area contributed by atoms with Crippen molar-refractivity contribution in [2.45, 2.75) is 6.61 Å². The number of hydrogen-bond acceptors (Lipinski definition) is 3. The van der Waals surface area contributed by atoms with Crippen LogP contribution in [0.4, 0.5) is 4.39 Å². The molecule has 0 fully saturated rings. The van der Waals surface area contributed by atoms with Crippen LogP contribution in [0.5, 0.6) is 11.6 Å². The first-order valence-corrected chi connectivity index (χ1v) is 5.64. The molecule has 0 aliphatic carbocycles. The molecule has 0 saturated heterocycles. The van der Waals surface area contributed by atoms with Crippen molar-refractivity contribution >= 4 is 11.6 Å². The molecule has 94 valence electrons. The molecular formula is C13H11ClFNO2. The smallest absolute Gasteiger partial charge is 0.219 e. The maximum Gasteiger partial charge on any atom is 0.219 e. The lowest BCUT2D eigenvalue weighted by Gasteiger charge is -2.09. The lowest BCUT2D eigenvalue weighted by Crippen LogP contribution is -2.00. The largest absolute Gasteiger partial charge is 0.489 e. The maximum absolute atomic E-state index is 13.2. The Hall–Kier alpha value is -1.81. The third-order valence-corrected chi connectivity index (χ3v) is 2.64. The molecule has 0 amide bonds. The second kappa shape index (κ2) is 5.69. The molecular weight excluding hydrogens is 257 g/mol. The highest BCUT2D eigenvalue weighted by atomic mass is 35.5. The summed E-state index contributed by atoms with van der Waals surface area (Å²) in [6, 6.07) is 7.91. The molecule has 1 heterocycles. The van der Waals surface area contributed by atoms with Gasteiger partial charge in [0.2, 0.25) is 5.88 Å². The minimum Gasteiger partial charge on any atom is -0.489 e. The van der Waals surface area contributed by atoms with Gasteiger partial charge in [0.1, 0.15) is 18.2 Å². The Kier molecular flexibility index (Phi) is 3.99. The predicted octanol–water partition coefficient (Wildman–Crippen LogP) is 3.46. The van der Waals surface area contributed by atoms with Crippen LogP contribution in [0.25, 0.3) is 0 Å². The van der Waals surface area contributed by atoms with E-state index in [1.807, 2.05) is 6.07 Å². The minimum atomic E-state index is -0.507. The fourth-order valence-electron chi connectivity index (χ4n) is 1.45. The van der Waals surface area contributed by atoms with Gasteiger partial charge < -0.3 is 9.47 Å². The quantitative estimate of drug-likeness (QED) is 0.850. The molecule has 3 nitrogen and oxygen atoms in total. The Morgan fingerprint density at radius 3 is 2.89 bits per heavy atom. The van der Waals surface area contributed by atoms with Crippen molar-refractivity contribution in [3.63, 3.8) is 0 Å². The van der Waals surface area contributed by atoms with Crippen molar-refractivity contribution < 1.29 is 13.9 Å². The first-order valence-electron chi connectivity index (χ1n) is 5.26. The molecule has 5 heteroatoms. The molecule has 1 aromatic carbocycles. The maximum atomic E-state index is 13.2. The zero-order valence-corrected chi connectivity index (χ0v) is 10.4. The lowest BCUT2D eigenvalue weighted by atomic mass is 10.3. The van der Waals surface area contributed by atoms with Gasteiger partial charge in [0.05, 0.1) is 17.7 Å². The van der Waals surface area contributed by atoms with E-state index in [0.717, 1.165) is 5.56 Å². The molecule has 1 aromatic heterocycles. The van der Waals surface area contributed by atoms with Gasteiger partial charge in [-0.1, -0.05) is 11.6 Å². The summed E-state index contributed by atoms with van der Waals surface area (Å²) in [7, 11) is 1.54. The Balaban J connectivity index is 2.09. The molecule has 0 saturated carbocycles. The highest BCUT2D eigenvalue weighted by Gasteiger charge is 2.06. The summed E-state index contributed by atoms with van der Waals surface area (Å²) in [6.07, 6.45) is 1.63. The summed E-state index contributed by atoms with van der Waals surface area (Å²) in [5.74, 6) is 0.391. The van der Waals surface area contributed by atoms with Gasteiger partial charge in [0.25, 0.3) is 0 Å². The molecule has 18 heavy (non-hydrogen) atoms. The van der Waals surface area contributed by atoms with E-state index in [1.165, 1.54) is 19.2 Å². The van der Waals surface area contributed by atoms with Crippen molar-refractivity contribution in [3.8, 4) is 11.6 Å². The van der Waals surface area contributed by atoms with E-state index in [-0.39, 0.29) is 11.6 Å². The SMILES string of the molecule is COc1ncccc1COc1ccc(Cl)c(F)c1. The second-order valence-corrected chi connectivity index (χ2v) is 3.94. The Morgan fingerprint density at radius 2 is 2.17 bits per heavy atom. The number of benzene rings is 1. The fourth-order valence-corrected chi connectivity index (χ4v) is 1.56. The van der Waals surface area contributed by atoms with E-state index in [1.54, 1.807) is 18.3 Å². The number of hydrogen-bond donors (Lipinski definition) is 0. The van der Waals surface area contributed by atoms with Gasteiger partial charge in [-0.05, 0) is 24.3 Å². The van der Waals surface area contributed by atoms with Crippen LogP contribution in [-0.4, -0.2) is 12.1 Å². The predicted molar refractivity (Wildman–Crippen MR) is 66.5 cm³/mol. The van der Waals surface area contributed by atoms with Crippen LogP contribution in [-0.2, 0) is 6.61 Å². The van der Waals surface area contributed by atoms with Gasteiger partial charge in [0, 0.05) is 12.3 Å². The average molecular weight is 268 g/mol. The van der Waals surface area contributed by atoms with Crippen molar-refractivity contribution in [1.82, 2.24) is 4.98 Å². The first-order chi connectivity index (χ1) is 8.70. The summed E-state index contributed by atoms with van der Waals surface area (Å²) in [6.45, 7) is 0.248. The molecule has 0 bridgehead atoms. The van der Waals surface area contributed by atoms with Gasteiger partial charge in [-0.3, -0.25) is 0 Å². The molecule has 0 unspecified atom stereocenters. The van der Waals surface area contributed by atoms with Gasteiger partial charge in [-0.25, -0.2) is 9.37 Å². The topological polar surface area (TPSA) is 31.4 Å². The van der Waals surface area contributed by atoms with Crippen LogP contribution in [0.2, 0.25) is 5.02 Å². The summed E-state index contributed by atoms with van der Waals surface area (Å²) in [5.41, 5.74) is 0.787. The Bertz CT molecular complexity index is 548. The van der Waals surface area contributed by atoms with E-state index < -0.39 is 5.82 Å². The van der Waals surface area contributed by atoms with Crippen LogP contribution < -0.4 is 9.47 Å². The van der Waals surface area contributed by atoms with Crippen molar-refractivity contribution in [1.29, 1.82) is 0 Å². The minimum absolute atomic E-state index is 0.0707. The zero-order chi connectivity index (χ0) is 13.0. The van der Waals surface area contributed by atoms with Crippen LogP contribution in [0.15, 0.2) is 36.5 Å². The summed E-state index contributed by atoms with van der Waals surface area (Å²) < 4.78 is 23.7. The number of aromatic nitrogens is 1. The Morgan fingerprint density at radius 1 is 1.33 bits per heavy atom. The van der Waals surface area contributed by atoms with E-state index in [0.29, 0.717) is 11.6 Å². The van der Waals surface area contributed by atoms with Crippen LogP contribution >= 0.6 is 11.6 Å². The fraction of sp³-hybridized carbons (Fsp3) is 0.154. The summed E-state index contributed by atoms with van der Waals surface area (Å²) in [5, 5.41) is 0.0707. The second-order valence-electron chi connectivity index (χ2n) is 3.54. The number of halogens is 2. The average Bonchev–Trinajstić information content (AvgIpc) is 2.40. The first kappa shape index (κ1) is 12.6. The monoisotopic (exact) mass is 267 g/mol. The highest BCUT2D eigenvalue weighted by molar-refractivity contribution is 6.30. The number of pyridine rings is 1. The normalized spacial score (nSPS) is 10.2. The number of rotatable bonds is 4. The highest BCUT2D eigenvalue weighted by Crippen LogP contribution is 2.22. The molecule has 0 aliphatic rings. The molecule has 0 aliphatic heterocycles. The van der Waals surface area contributed by atoms with E-state index >= 15 is 0 Å². The molecule has 2 aromatic rings. The van der Waals surface area contributed by atoms with Crippen molar-refractivity contribution in [2.24, 2.45) is 0 Å². The summed E-state index contributed by atoms with van der Waals surface area (Å²) >= 11 is 5.58. The van der Waals surface area contributed by atoms with Gasteiger partial charge in [0.15, 0.2) is 0 Å². The molecule has 0 N–H and O–H groups in total. The van der Waals surface area contributed by atoms with Crippen molar-refractivity contribution in [2.75, 3.05) is 7.11 Å². The molecule has 0 radical (unpaired) electrons. The van der Waals surface area contributed by atoms with Crippen LogP contribution in [0, 0.1) is 5.82 Å². The summed E-state index contributed by atoms with van der Waals surface area (Å²) in [4.78, 5) is 4.04. The number of nitrogens with zero attached hydrogens (tertiary/aromatic N) is 1. The van der Waals surface area contributed by atoms with E-state index in [9.17, 15) is 4.39 Å². The third-order valence-electron chi connectivity index (χ3n) is 2.33. The molecule has 0 spiro atoms. The van der Waals surface area contributed by atoms with E-state index in [2.05, 4.69) is 4.98 Å². The van der Waals surface area contributed by atoms with Gasteiger partial charge in [-0.2, -0.15) is 0 Å². The van der Waals surface area contributed by atoms with Crippen LogP contribution in [0.1, 0.15) is 5.56 Å². The molecule has 2 rings (SSSR count). The standard InChI is InChI=1S/C13H11ClFNO2/c1-17-13-9(3-2-6-16-13)8-18-10-4-5-11(14)12(15)7-10/h2-7H,8H2,1H3. The number of methoxy groups -OCH3 is 1.